The van der Waals surface area contributed by atoms with Gasteiger partial charge in [-0.25, -0.2) is 0 Å². The minimum absolute atomic E-state index is 0.156. The van der Waals surface area contributed by atoms with Crippen LogP contribution >= 0.6 is 0 Å². The van der Waals surface area contributed by atoms with Crippen LogP contribution in [0.15, 0.2) is 23.8 Å². The molecule has 0 amide bonds. The van der Waals surface area contributed by atoms with Crippen molar-refractivity contribution in [3.63, 3.8) is 0 Å². The predicted molar refractivity (Wildman–Crippen MR) is 108 cm³/mol. The molecule has 2 spiro atoms. The first kappa shape index (κ1) is 17.9. The topological polar surface area (TPSA) is 35.5 Å². The molecule has 4 fully saturated rings. The largest absolute Gasteiger partial charge is 0.347 e. The maximum atomic E-state index is 13.1. The second-order valence-electron chi connectivity index (χ2n) is 11.0. The van der Waals surface area contributed by atoms with Gasteiger partial charge in [-0.2, -0.15) is 0 Å². The van der Waals surface area contributed by atoms with Crippen molar-refractivity contribution in [1.29, 1.82) is 0 Å². The van der Waals surface area contributed by atoms with E-state index in [1.54, 1.807) is 0 Å². The van der Waals surface area contributed by atoms with Gasteiger partial charge < -0.3 is 9.47 Å². The number of allylic oxidation sites excluding steroid dienone is 4. The first-order chi connectivity index (χ1) is 13.5. The Balaban J connectivity index is 1.39. The summed E-state index contributed by atoms with van der Waals surface area (Å²) in [4.78, 5) is 13.1. The summed E-state index contributed by atoms with van der Waals surface area (Å²) >= 11 is 0. The second-order valence-corrected chi connectivity index (χ2v) is 11.0. The summed E-state index contributed by atoms with van der Waals surface area (Å²) in [6.07, 6.45) is 16.7. The molecule has 3 saturated carbocycles. The highest BCUT2D eigenvalue weighted by atomic mass is 16.7. The normalized spacial score (nSPS) is 47.9. The molecule has 1 saturated heterocycles. The Morgan fingerprint density at radius 1 is 0.964 bits per heavy atom. The molecule has 6 aliphatic rings. The van der Waals surface area contributed by atoms with E-state index in [9.17, 15) is 4.79 Å². The summed E-state index contributed by atoms with van der Waals surface area (Å²) in [5.74, 6) is 2.32. The SMILES string of the molecule is C[C@]12CCC(=O)C3(CC=CC3)C1=CCC1[C@@H]2CC[C@@]2(C)[C@H]1CCC21OCCO1. The van der Waals surface area contributed by atoms with Crippen molar-refractivity contribution in [3.05, 3.63) is 23.8 Å². The van der Waals surface area contributed by atoms with E-state index in [4.69, 9.17) is 9.47 Å². The number of carbonyl (C=O) groups excluding carboxylic acids is 1. The first-order valence-corrected chi connectivity index (χ1v) is 11.6. The van der Waals surface area contributed by atoms with Crippen molar-refractivity contribution in [2.45, 2.75) is 77.4 Å². The monoisotopic (exact) mass is 382 g/mol. The van der Waals surface area contributed by atoms with Gasteiger partial charge in [0.2, 0.25) is 0 Å². The highest BCUT2D eigenvalue weighted by Gasteiger charge is 2.67. The van der Waals surface area contributed by atoms with Crippen LogP contribution in [-0.2, 0) is 14.3 Å². The average molecular weight is 383 g/mol. The van der Waals surface area contributed by atoms with Crippen molar-refractivity contribution in [1.82, 2.24) is 0 Å². The number of hydrogen-bond acceptors (Lipinski definition) is 3. The Bertz CT molecular complexity index is 765. The number of ketones is 1. The van der Waals surface area contributed by atoms with Gasteiger partial charge in [0.1, 0.15) is 5.78 Å². The molecule has 5 atom stereocenters. The zero-order chi connectivity index (χ0) is 19.2. The lowest BCUT2D eigenvalue weighted by atomic mass is 9.44. The lowest BCUT2D eigenvalue weighted by Gasteiger charge is -2.60. The van der Waals surface area contributed by atoms with Crippen LogP contribution in [-0.4, -0.2) is 24.8 Å². The number of carbonyl (C=O) groups is 1. The van der Waals surface area contributed by atoms with E-state index in [0.29, 0.717) is 17.6 Å². The molecule has 0 N–H and O–H groups in total. The number of ether oxygens (including phenoxy) is 2. The second kappa shape index (κ2) is 5.60. The number of Topliss-reactive ketones (excluding diaryl/α,β-unsaturated/α-hetero) is 1. The van der Waals surface area contributed by atoms with Gasteiger partial charge in [0.05, 0.1) is 18.6 Å². The van der Waals surface area contributed by atoms with E-state index < -0.39 is 0 Å². The fourth-order valence-electron chi connectivity index (χ4n) is 8.90. The van der Waals surface area contributed by atoms with Gasteiger partial charge in [-0.3, -0.25) is 4.79 Å². The van der Waals surface area contributed by atoms with Crippen molar-refractivity contribution in [3.8, 4) is 0 Å². The molecule has 152 valence electrons. The molecule has 28 heavy (non-hydrogen) atoms. The molecule has 1 heterocycles. The third-order valence-corrected chi connectivity index (χ3v) is 10.3. The zero-order valence-electron chi connectivity index (χ0n) is 17.5. The van der Waals surface area contributed by atoms with Crippen LogP contribution in [0, 0.1) is 34.0 Å². The predicted octanol–water partition coefficient (Wildman–Crippen LogP) is 5.21. The van der Waals surface area contributed by atoms with Crippen LogP contribution in [0.1, 0.15) is 71.6 Å². The standard InChI is InChI=1S/C25H34O3/c1-22-12-9-21(26)24(10-3-4-11-24)20(22)6-5-17-18(22)7-13-23(2)19(17)8-14-25(23)27-15-16-28-25/h3-4,6,17-19H,5,7-16H2,1-2H3/t17?,18-,19-,22+,23-/m0/s1. The molecule has 3 nitrogen and oxygen atoms in total. The molecular weight excluding hydrogens is 348 g/mol. The summed E-state index contributed by atoms with van der Waals surface area (Å²) in [6, 6.07) is 0. The Kier molecular flexibility index (Phi) is 3.58. The molecule has 0 aromatic rings. The van der Waals surface area contributed by atoms with Crippen LogP contribution in [0.2, 0.25) is 0 Å². The van der Waals surface area contributed by atoms with Crippen molar-refractivity contribution in [2.75, 3.05) is 13.2 Å². The van der Waals surface area contributed by atoms with Crippen LogP contribution < -0.4 is 0 Å². The van der Waals surface area contributed by atoms with Gasteiger partial charge in [0.25, 0.3) is 0 Å². The fraction of sp³-hybridized carbons (Fsp3) is 0.800. The highest BCUT2D eigenvalue weighted by Crippen LogP contribution is 2.70. The molecule has 6 rings (SSSR count). The van der Waals surface area contributed by atoms with Crippen molar-refractivity contribution >= 4 is 5.78 Å². The summed E-state index contributed by atoms with van der Waals surface area (Å²) in [7, 11) is 0. The van der Waals surface area contributed by atoms with E-state index in [1.807, 2.05) is 0 Å². The van der Waals surface area contributed by atoms with E-state index in [1.165, 1.54) is 24.8 Å². The maximum absolute atomic E-state index is 13.1. The molecular formula is C25H34O3. The van der Waals surface area contributed by atoms with Crippen LogP contribution in [0.25, 0.3) is 0 Å². The number of fused-ring (bicyclic) bond motifs is 7. The Hall–Kier alpha value is -0.930. The minimum atomic E-state index is -0.313. The quantitative estimate of drug-likeness (QED) is 0.540. The van der Waals surface area contributed by atoms with Gasteiger partial charge in [0, 0.05) is 18.3 Å². The molecule has 5 aliphatic carbocycles. The third kappa shape index (κ3) is 1.92. The highest BCUT2D eigenvalue weighted by molar-refractivity contribution is 5.90. The average Bonchev–Trinajstić information content (AvgIpc) is 3.41. The van der Waals surface area contributed by atoms with Gasteiger partial charge in [-0.15, -0.1) is 0 Å². The maximum Gasteiger partial charge on any atom is 0.174 e. The van der Waals surface area contributed by atoms with E-state index in [2.05, 4.69) is 32.1 Å². The van der Waals surface area contributed by atoms with E-state index in [-0.39, 0.29) is 22.0 Å². The Morgan fingerprint density at radius 2 is 1.68 bits per heavy atom. The van der Waals surface area contributed by atoms with Gasteiger partial charge >= 0.3 is 0 Å². The smallest absolute Gasteiger partial charge is 0.174 e. The molecule has 1 unspecified atom stereocenters. The molecule has 3 heteroatoms. The van der Waals surface area contributed by atoms with Gasteiger partial charge in [-0.05, 0) is 68.1 Å². The van der Waals surface area contributed by atoms with E-state index in [0.717, 1.165) is 57.7 Å². The number of hydrogen-bond donors (Lipinski definition) is 0. The lowest BCUT2D eigenvalue weighted by molar-refractivity contribution is -0.242. The minimum Gasteiger partial charge on any atom is -0.347 e. The fourth-order valence-corrected chi connectivity index (χ4v) is 8.90. The summed E-state index contributed by atoms with van der Waals surface area (Å²) in [6.45, 7) is 6.49. The van der Waals surface area contributed by atoms with Crippen molar-refractivity contribution < 1.29 is 14.3 Å². The summed E-state index contributed by atoms with van der Waals surface area (Å²) < 4.78 is 12.6. The molecule has 1 aliphatic heterocycles. The van der Waals surface area contributed by atoms with Gasteiger partial charge in [0.15, 0.2) is 5.79 Å². The lowest BCUT2D eigenvalue weighted by Crippen LogP contribution is -2.57. The third-order valence-electron chi connectivity index (χ3n) is 10.3. The van der Waals surface area contributed by atoms with Gasteiger partial charge in [-0.1, -0.05) is 37.6 Å². The summed E-state index contributed by atoms with van der Waals surface area (Å²) in [5, 5.41) is 0. The van der Waals surface area contributed by atoms with E-state index >= 15 is 0 Å². The molecule has 0 aromatic heterocycles. The molecule has 0 radical (unpaired) electrons. The Morgan fingerprint density at radius 3 is 2.43 bits per heavy atom. The van der Waals surface area contributed by atoms with Crippen molar-refractivity contribution in [2.24, 2.45) is 34.0 Å². The Labute approximate surface area is 168 Å². The first-order valence-electron chi connectivity index (χ1n) is 11.6. The molecule has 0 bridgehead atoms. The zero-order valence-corrected chi connectivity index (χ0v) is 17.5. The molecule has 0 aromatic carbocycles. The summed E-state index contributed by atoms with van der Waals surface area (Å²) in [5.41, 5.74) is 1.70. The van der Waals surface area contributed by atoms with Crippen LogP contribution in [0.5, 0.6) is 0 Å². The van der Waals surface area contributed by atoms with Crippen LogP contribution in [0.4, 0.5) is 0 Å². The number of rotatable bonds is 0. The van der Waals surface area contributed by atoms with Crippen LogP contribution in [0.3, 0.4) is 0 Å².